The quantitative estimate of drug-likeness (QED) is 0.151. The van der Waals surface area contributed by atoms with Gasteiger partial charge in [-0.25, -0.2) is 0 Å². The smallest absolute Gasteiger partial charge is 0.00890 e. The molecule has 0 aromatic heterocycles. The molecule has 1 unspecified atom stereocenters. The summed E-state index contributed by atoms with van der Waals surface area (Å²) in [4.78, 5) is 2.42. The zero-order valence-corrected chi connectivity index (χ0v) is 19.4. The van der Waals surface area contributed by atoms with Crippen LogP contribution in [0, 0.1) is 0 Å². The van der Waals surface area contributed by atoms with E-state index in [1.165, 1.54) is 103 Å². The number of rotatable bonds is 20. The summed E-state index contributed by atoms with van der Waals surface area (Å²) in [7, 11) is 4.47. The van der Waals surface area contributed by atoms with E-state index in [4.69, 9.17) is 0 Å². The third-order valence-corrected chi connectivity index (χ3v) is 5.59. The summed E-state index contributed by atoms with van der Waals surface area (Å²) in [5, 5.41) is 0. The van der Waals surface area contributed by atoms with Gasteiger partial charge in [-0.15, -0.1) is 0 Å². The fourth-order valence-electron chi connectivity index (χ4n) is 3.72. The second-order valence-corrected chi connectivity index (χ2v) is 8.49. The van der Waals surface area contributed by atoms with Crippen LogP contribution >= 0.6 is 0 Å². The van der Waals surface area contributed by atoms with Gasteiger partial charge in [-0.2, -0.15) is 0 Å². The van der Waals surface area contributed by atoms with E-state index in [2.05, 4.69) is 57.1 Å². The molecular weight excluding hydrogens is 326 g/mol. The van der Waals surface area contributed by atoms with Crippen molar-refractivity contribution in [1.82, 2.24) is 4.90 Å². The number of allylic oxidation sites excluding steroid dienone is 4. The third kappa shape index (κ3) is 20.0. The topological polar surface area (TPSA) is 3.24 Å². The zero-order valence-electron chi connectivity index (χ0n) is 19.4. The van der Waals surface area contributed by atoms with Gasteiger partial charge in [-0.1, -0.05) is 102 Å². The van der Waals surface area contributed by atoms with Gasteiger partial charge in [0.2, 0.25) is 0 Å². The molecule has 0 spiro atoms. The average Bonchev–Trinajstić information content (AvgIpc) is 2.66. The van der Waals surface area contributed by atoms with Crippen LogP contribution in [0.5, 0.6) is 0 Å². The van der Waals surface area contributed by atoms with E-state index in [1.54, 1.807) is 0 Å². The summed E-state index contributed by atoms with van der Waals surface area (Å²) in [5.74, 6) is 0. The van der Waals surface area contributed by atoms with Gasteiger partial charge in [0, 0.05) is 6.04 Å². The number of nitrogens with zero attached hydrogens (tertiary/aromatic N) is 1. The van der Waals surface area contributed by atoms with Gasteiger partial charge in [0.15, 0.2) is 0 Å². The van der Waals surface area contributed by atoms with Crippen molar-refractivity contribution in [2.45, 2.75) is 129 Å². The molecule has 0 aromatic rings. The lowest BCUT2D eigenvalue weighted by molar-refractivity contribution is 0.256. The highest BCUT2D eigenvalue weighted by atomic mass is 15.1. The molecule has 0 bridgehead atoms. The molecule has 0 heterocycles. The van der Waals surface area contributed by atoms with Crippen LogP contribution in [-0.2, 0) is 0 Å². The molecule has 0 aliphatic rings. The van der Waals surface area contributed by atoms with Crippen LogP contribution in [-0.4, -0.2) is 25.0 Å². The zero-order chi connectivity index (χ0) is 20.0. The van der Waals surface area contributed by atoms with Gasteiger partial charge >= 0.3 is 0 Å². The third-order valence-electron chi connectivity index (χ3n) is 5.59. The van der Waals surface area contributed by atoms with Crippen molar-refractivity contribution in [2.75, 3.05) is 14.1 Å². The van der Waals surface area contributed by atoms with E-state index in [0.717, 1.165) is 12.5 Å². The molecule has 0 saturated carbocycles. The molecule has 0 aliphatic carbocycles. The Balaban J connectivity index is 3.30. The Morgan fingerprint density at radius 3 is 1.59 bits per heavy atom. The van der Waals surface area contributed by atoms with Crippen LogP contribution in [0.15, 0.2) is 24.3 Å². The normalized spacial score (nSPS) is 13.4. The van der Waals surface area contributed by atoms with E-state index >= 15 is 0 Å². The Kier molecular flexibility index (Phi) is 21.3. The van der Waals surface area contributed by atoms with E-state index in [1.807, 2.05) is 0 Å². The number of unbranched alkanes of at least 4 members (excludes halogenated alkanes) is 11. The second-order valence-electron chi connectivity index (χ2n) is 8.49. The van der Waals surface area contributed by atoms with E-state index in [0.29, 0.717) is 0 Å². The molecule has 160 valence electrons. The molecule has 0 aliphatic heterocycles. The van der Waals surface area contributed by atoms with Gasteiger partial charge in [0.1, 0.15) is 0 Å². The Morgan fingerprint density at radius 2 is 1.07 bits per heavy atom. The van der Waals surface area contributed by atoms with E-state index < -0.39 is 0 Å². The first-order chi connectivity index (χ1) is 13.2. The highest BCUT2D eigenvalue weighted by molar-refractivity contribution is 4.92. The molecule has 0 rings (SSSR count). The molecule has 0 N–H and O–H groups in total. The first-order valence-electron chi connectivity index (χ1n) is 12.2. The minimum Gasteiger partial charge on any atom is -0.306 e. The molecule has 1 heteroatoms. The molecule has 1 nitrogen and oxygen atoms in total. The summed E-state index contributed by atoms with van der Waals surface area (Å²) >= 11 is 0. The number of hydrogen-bond acceptors (Lipinski definition) is 1. The Morgan fingerprint density at radius 1 is 0.556 bits per heavy atom. The Labute approximate surface area is 172 Å². The largest absolute Gasteiger partial charge is 0.306 e. The van der Waals surface area contributed by atoms with Gasteiger partial charge in [0.25, 0.3) is 0 Å². The SMILES string of the molecule is CCCCC/C=C\C/C=C\CCCCCCCCCCC(CCC)N(C)C. The van der Waals surface area contributed by atoms with Gasteiger partial charge in [-0.3, -0.25) is 0 Å². The summed E-state index contributed by atoms with van der Waals surface area (Å²) in [6.45, 7) is 4.57. The minimum absolute atomic E-state index is 0.805. The van der Waals surface area contributed by atoms with Crippen molar-refractivity contribution >= 4 is 0 Å². The van der Waals surface area contributed by atoms with Crippen LogP contribution in [0.4, 0.5) is 0 Å². The van der Waals surface area contributed by atoms with Crippen molar-refractivity contribution < 1.29 is 0 Å². The molecule has 0 saturated heterocycles. The highest BCUT2D eigenvalue weighted by Gasteiger charge is 2.08. The summed E-state index contributed by atoms with van der Waals surface area (Å²) < 4.78 is 0. The number of hydrogen-bond donors (Lipinski definition) is 0. The maximum atomic E-state index is 2.42. The predicted octanol–water partition coefficient (Wildman–Crippen LogP) is 8.70. The lowest BCUT2D eigenvalue weighted by Gasteiger charge is -2.23. The lowest BCUT2D eigenvalue weighted by Crippen LogP contribution is -2.27. The molecule has 0 aromatic carbocycles. The maximum absolute atomic E-state index is 2.42. The average molecular weight is 378 g/mol. The summed E-state index contributed by atoms with van der Waals surface area (Å²) in [5.41, 5.74) is 0. The lowest BCUT2D eigenvalue weighted by atomic mass is 10.0. The maximum Gasteiger partial charge on any atom is 0.00890 e. The fraction of sp³-hybridized carbons (Fsp3) is 0.846. The van der Waals surface area contributed by atoms with E-state index in [9.17, 15) is 0 Å². The van der Waals surface area contributed by atoms with Crippen LogP contribution in [0.2, 0.25) is 0 Å². The Bertz CT molecular complexity index is 329. The van der Waals surface area contributed by atoms with Gasteiger partial charge in [0.05, 0.1) is 0 Å². The molecule has 1 atom stereocenters. The van der Waals surface area contributed by atoms with Crippen molar-refractivity contribution in [3.8, 4) is 0 Å². The van der Waals surface area contributed by atoms with Crippen LogP contribution in [0.1, 0.15) is 123 Å². The molecule has 0 amide bonds. The molecule has 27 heavy (non-hydrogen) atoms. The molecule has 0 radical (unpaired) electrons. The minimum atomic E-state index is 0.805. The second kappa shape index (κ2) is 21.7. The monoisotopic (exact) mass is 377 g/mol. The van der Waals surface area contributed by atoms with Crippen molar-refractivity contribution in [1.29, 1.82) is 0 Å². The standard InChI is InChI=1S/C26H51N/c1-5-7-8-9-10-11-12-13-14-15-16-17-18-19-20-21-22-23-25-26(24-6-2)27(3)4/h10-11,13-14,26H,5-9,12,15-25H2,1-4H3/b11-10-,14-13-. The molecule has 0 fully saturated rings. The van der Waals surface area contributed by atoms with Crippen molar-refractivity contribution in [3.05, 3.63) is 24.3 Å². The fourth-order valence-corrected chi connectivity index (χ4v) is 3.72. The first kappa shape index (κ1) is 26.4. The molecular formula is C26H51N. The van der Waals surface area contributed by atoms with Gasteiger partial charge in [-0.05, 0) is 59.0 Å². The van der Waals surface area contributed by atoms with Crippen molar-refractivity contribution in [3.63, 3.8) is 0 Å². The highest BCUT2D eigenvalue weighted by Crippen LogP contribution is 2.15. The summed E-state index contributed by atoms with van der Waals surface area (Å²) in [6, 6.07) is 0.805. The predicted molar refractivity (Wildman–Crippen MR) is 126 cm³/mol. The summed E-state index contributed by atoms with van der Waals surface area (Å²) in [6.07, 6.45) is 32.6. The van der Waals surface area contributed by atoms with Crippen LogP contribution < -0.4 is 0 Å². The van der Waals surface area contributed by atoms with Crippen molar-refractivity contribution in [2.24, 2.45) is 0 Å². The van der Waals surface area contributed by atoms with Crippen LogP contribution in [0.3, 0.4) is 0 Å². The van der Waals surface area contributed by atoms with Crippen LogP contribution in [0.25, 0.3) is 0 Å². The van der Waals surface area contributed by atoms with E-state index in [-0.39, 0.29) is 0 Å². The Hall–Kier alpha value is -0.560. The first-order valence-corrected chi connectivity index (χ1v) is 12.2. The van der Waals surface area contributed by atoms with Gasteiger partial charge < -0.3 is 4.90 Å².